The molecule has 0 heterocycles. The predicted molar refractivity (Wildman–Crippen MR) is 74.8 cm³/mol. The SMILES string of the molecule is CCCC(C)(C)c1ccc(F)c(C(=O)NC2CC2)c1. The predicted octanol–water partition coefficient (Wildman–Crippen LogP) is 3.80. The Morgan fingerprint density at radius 3 is 2.68 bits per heavy atom. The summed E-state index contributed by atoms with van der Waals surface area (Å²) >= 11 is 0. The molecule has 0 spiro atoms. The maximum Gasteiger partial charge on any atom is 0.254 e. The van der Waals surface area contributed by atoms with Gasteiger partial charge in [-0.1, -0.05) is 33.3 Å². The second kappa shape index (κ2) is 5.32. The van der Waals surface area contributed by atoms with Gasteiger partial charge in [-0.25, -0.2) is 4.39 Å². The number of benzene rings is 1. The Morgan fingerprint density at radius 1 is 1.42 bits per heavy atom. The van der Waals surface area contributed by atoms with Crippen LogP contribution >= 0.6 is 0 Å². The monoisotopic (exact) mass is 263 g/mol. The summed E-state index contributed by atoms with van der Waals surface area (Å²) in [5.74, 6) is -0.719. The van der Waals surface area contributed by atoms with Crippen LogP contribution in [0.2, 0.25) is 0 Å². The third kappa shape index (κ3) is 3.34. The van der Waals surface area contributed by atoms with Crippen molar-refractivity contribution in [3.05, 3.63) is 35.1 Å². The van der Waals surface area contributed by atoms with Crippen LogP contribution in [0.5, 0.6) is 0 Å². The van der Waals surface area contributed by atoms with E-state index in [1.54, 1.807) is 12.1 Å². The Balaban J connectivity index is 2.25. The van der Waals surface area contributed by atoms with Gasteiger partial charge in [0.1, 0.15) is 5.82 Å². The van der Waals surface area contributed by atoms with E-state index in [0.717, 1.165) is 31.2 Å². The van der Waals surface area contributed by atoms with Crippen LogP contribution < -0.4 is 5.32 Å². The molecule has 0 unspecified atom stereocenters. The van der Waals surface area contributed by atoms with Crippen molar-refractivity contribution >= 4 is 5.91 Å². The van der Waals surface area contributed by atoms with Crippen molar-refractivity contribution in [2.45, 2.75) is 57.9 Å². The highest BCUT2D eigenvalue weighted by Gasteiger charge is 2.26. The minimum atomic E-state index is -0.436. The minimum Gasteiger partial charge on any atom is -0.349 e. The van der Waals surface area contributed by atoms with Gasteiger partial charge < -0.3 is 5.32 Å². The Labute approximate surface area is 114 Å². The first-order valence-electron chi connectivity index (χ1n) is 7.05. The van der Waals surface area contributed by atoms with Crippen molar-refractivity contribution in [2.24, 2.45) is 0 Å². The maximum absolute atomic E-state index is 13.8. The molecule has 19 heavy (non-hydrogen) atoms. The smallest absolute Gasteiger partial charge is 0.254 e. The van der Waals surface area contributed by atoms with Crippen molar-refractivity contribution < 1.29 is 9.18 Å². The first-order valence-corrected chi connectivity index (χ1v) is 7.05. The molecule has 0 radical (unpaired) electrons. The number of nitrogens with one attached hydrogen (secondary N) is 1. The third-order valence-corrected chi connectivity index (χ3v) is 3.78. The zero-order chi connectivity index (χ0) is 14.0. The third-order valence-electron chi connectivity index (χ3n) is 3.78. The quantitative estimate of drug-likeness (QED) is 0.860. The molecule has 3 heteroatoms. The zero-order valence-electron chi connectivity index (χ0n) is 11.9. The average molecular weight is 263 g/mol. The van der Waals surface area contributed by atoms with E-state index in [0.29, 0.717) is 0 Å². The van der Waals surface area contributed by atoms with Crippen molar-refractivity contribution in [3.8, 4) is 0 Å². The van der Waals surface area contributed by atoms with Crippen LogP contribution in [0.1, 0.15) is 62.4 Å². The lowest BCUT2D eigenvalue weighted by molar-refractivity contribution is 0.0947. The van der Waals surface area contributed by atoms with Crippen LogP contribution in [0, 0.1) is 5.82 Å². The Morgan fingerprint density at radius 2 is 2.11 bits per heavy atom. The van der Waals surface area contributed by atoms with Crippen LogP contribution in [-0.2, 0) is 5.41 Å². The van der Waals surface area contributed by atoms with Gasteiger partial charge >= 0.3 is 0 Å². The highest BCUT2D eigenvalue weighted by Crippen LogP contribution is 2.30. The Hall–Kier alpha value is -1.38. The lowest BCUT2D eigenvalue weighted by Crippen LogP contribution is -2.27. The standard InChI is InChI=1S/C16H22FNO/c1-4-9-16(2,3)11-5-8-14(17)13(10-11)15(19)18-12-6-7-12/h5,8,10,12H,4,6-7,9H2,1-3H3,(H,18,19). The molecule has 1 aliphatic carbocycles. The first kappa shape index (κ1) is 14.0. The second-order valence-corrected chi connectivity index (χ2v) is 6.08. The molecule has 1 aromatic carbocycles. The van der Waals surface area contributed by atoms with Gasteiger partial charge in [-0.3, -0.25) is 4.79 Å². The fraction of sp³-hybridized carbons (Fsp3) is 0.562. The summed E-state index contributed by atoms with van der Waals surface area (Å²) in [5, 5.41) is 2.84. The Bertz CT molecular complexity index is 478. The molecule has 0 atom stereocenters. The molecule has 1 saturated carbocycles. The number of amides is 1. The summed E-state index contributed by atoms with van der Waals surface area (Å²) in [6.07, 6.45) is 4.10. The summed E-state index contributed by atoms with van der Waals surface area (Å²) in [6.45, 7) is 6.39. The number of hydrogen-bond acceptors (Lipinski definition) is 1. The lowest BCUT2D eigenvalue weighted by Gasteiger charge is -2.25. The molecular formula is C16H22FNO. The molecule has 2 rings (SSSR count). The second-order valence-electron chi connectivity index (χ2n) is 6.08. The summed E-state index contributed by atoms with van der Waals surface area (Å²) in [6, 6.07) is 5.16. The largest absolute Gasteiger partial charge is 0.349 e. The molecular weight excluding hydrogens is 241 g/mol. The average Bonchev–Trinajstić information content (AvgIpc) is 3.13. The molecule has 1 fully saturated rings. The summed E-state index contributed by atoms with van der Waals surface area (Å²) in [5.41, 5.74) is 1.17. The number of halogens is 1. The number of rotatable bonds is 5. The molecule has 0 bridgehead atoms. The van der Waals surface area contributed by atoms with Crippen molar-refractivity contribution in [1.29, 1.82) is 0 Å². The van der Waals surface area contributed by atoms with Gasteiger partial charge in [-0.05, 0) is 42.4 Å². The van der Waals surface area contributed by atoms with E-state index >= 15 is 0 Å². The van der Waals surface area contributed by atoms with Gasteiger partial charge in [-0.2, -0.15) is 0 Å². The van der Waals surface area contributed by atoms with Crippen molar-refractivity contribution in [3.63, 3.8) is 0 Å². The fourth-order valence-electron chi connectivity index (χ4n) is 2.38. The van der Waals surface area contributed by atoms with E-state index < -0.39 is 5.82 Å². The minimum absolute atomic E-state index is 0.0307. The normalized spacial score (nSPS) is 15.4. The number of hydrogen-bond donors (Lipinski definition) is 1. The highest BCUT2D eigenvalue weighted by molar-refractivity contribution is 5.95. The zero-order valence-corrected chi connectivity index (χ0v) is 11.9. The molecule has 1 aromatic rings. The van der Waals surface area contributed by atoms with Gasteiger partial charge in [-0.15, -0.1) is 0 Å². The van der Waals surface area contributed by atoms with E-state index in [-0.39, 0.29) is 22.9 Å². The van der Waals surface area contributed by atoms with Gasteiger partial charge in [0.2, 0.25) is 0 Å². The Kier molecular flexibility index (Phi) is 3.93. The van der Waals surface area contributed by atoms with E-state index in [9.17, 15) is 9.18 Å². The molecule has 1 aliphatic rings. The lowest BCUT2D eigenvalue weighted by atomic mass is 9.80. The number of carbonyl (C=O) groups excluding carboxylic acids is 1. The molecule has 1 amide bonds. The van der Waals surface area contributed by atoms with Crippen molar-refractivity contribution in [1.82, 2.24) is 5.32 Å². The van der Waals surface area contributed by atoms with Gasteiger partial charge in [0, 0.05) is 6.04 Å². The fourth-order valence-corrected chi connectivity index (χ4v) is 2.38. The van der Waals surface area contributed by atoms with E-state index in [2.05, 4.69) is 26.1 Å². The molecule has 104 valence electrons. The van der Waals surface area contributed by atoms with Crippen molar-refractivity contribution in [2.75, 3.05) is 0 Å². The summed E-state index contributed by atoms with van der Waals surface area (Å²) in [7, 11) is 0. The maximum atomic E-state index is 13.8. The molecule has 0 aromatic heterocycles. The van der Waals surface area contributed by atoms with E-state index in [1.165, 1.54) is 6.07 Å². The highest BCUT2D eigenvalue weighted by atomic mass is 19.1. The molecule has 0 saturated heterocycles. The van der Waals surface area contributed by atoms with E-state index in [4.69, 9.17) is 0 Å². The van der Waals surface area contributed by atoms with Crippen LogP contribution in [0.15, 0.2) is 18.2 Å². The molecule has 0 aliphatic heterocycles. The van der Waals surface area contributed by atoms with Crippen LogP contribution in [0.25, 0.3) is 0 Å². The summed E-state index contributed by atoms with van der Waals surface area (Å²) < 4.78 is 13.8. The topological polar surface area (TPSA) is 29.1 Å². The van der Waals surface area contributed by atoms with E-state index in [1.807, 2.05) is 0 Å². The van der Waals surface area contributed by atoms with Crippen LogP contribution in [-0.4, -0.2) is 11.9 Å². The molecule has 1 N–H and O–H groups in total. The van der Waals surface area contributed by atoms with Crippen LogP contribution in [0.4, 0.5) is 4.39 Å². The number of carbonyl (C=O) groups is 1. The van der Waals surface area contributed by atoms with Gasteiger partial charge in [0.15, 0.2) is 0 Å². The molecule has 2 nitrogen and oxygen atoms in total. The first-order chi connectivity index (χ1) is 8.94. The van der Waals surface area contributed by atoms with Crippen LogP contribution in [0.3, 0.4) is 0 Å². The van der Waals surface area contributed by atoms with Gasteiger partial charge in [0.05, 0.1) is 5.56 Å². The summed E-state index contributed by atoms with van der Waals surface area (Å²) in [4.78, 5) is 12.0. The van der Waals surface area contributed by atoms with Gasteiger partial charge in [0.25, 0.3) is 5.91 Å².